The molecule has 2 nitrogen and oxygen atoms in total. The number of aryl methyl sites for hydroxylation is 2. The van der Waals surface area contributed by atoms with E-state index in [-0.39, 0.29) is 0 Å². The third kappa shape index (κ3) is 4.88. The minimum Gasteiger partial charge on any atom is -0.493 e. The zero-order valence-corrected chi connectivity index (χ0v) is 13.7. The van der Waals surface area contributed by atoms with Gasteiger partial charge in [0, 0.05) is 0 Å². The third-order valence-electron chi connectivity index (χ3n) is 4.13. The quantitative estimate of drug-likeness (QED) is 0.723. The van der Waals surface area contributed by atoms with Crippen molar-refractivity contribution in [2.45, 2.75) is 39.0 Å². The van der Waals surface area contributed by atoms with Crippen LogP contribution in [0.15, 0.2) is 48.5 Å². The largest absolute Gasteiger partial charge is 0.493 e. The molecule has 2 heteroatoms. The predicted molar refractivity (Wildman–Crippen MR) is 93.5 cm³/mol. The molecule has 0 aromatic heterocycles. The Labute approximate surface area is 134 Å². The van der Waals surface area contributed by atoms with Gasteiger partial charge < -0.3 is 10.5 Å². The van der Waals surface area contributed by atoms with E-state index in [9.17, 15) is 0 Å². The van der Waals surface area contributed by atoms with E-state index in [0.29, 0.717) is 12.5 Å². The molecule has 0 saturated heterocycles. The van der Waals surface area contributed by atoms with Crippen molar-refractivity contribution in [1.82, 2.24) is 0 Å². The maximum absolute atomic E-state index is 5.94. The van der Waals surface area contributed by atoms with Crippen LogP contribution in [0.5, 0.6) is 5.75 Å². The summed E-state index contributed by atoms with van der Waals surface area (Å²) >= 11 is 0. The first-order valence-electron chi connectivity index (χ1n) is 8.15. The molecule has 1 atom stereocenters. The molecule has 0 bridgehead atoms. The lowest BCUT2D eigenvalue weighted by molar-refractivity contribution is 0.301. The first-order chi connectivity index (χ1) is 10.7. The Kier molecular flexibility index (Phi) is 6.47. The third-order valence-corrected chi connectivity index (χ3v) is 4.13. The fourth-order valence-electron chi connectivity index (χ4n) is 2.65. The van der Waals surface area contributed by atoms with E-state index in [2.05, 4.69) is 44.2 Å². The average molecular weight is 297 g/mol. The van der Waals surface area contributed by atoms with Crippen LogP contribution in [-0.2, 0) is 0 Å². The highest BCUT2D eigenvalue weighted by Crippen LogP contribution is 2.22. The Balaban J connectivity index is 1.73. The number of nitrogens with two attached hydrogens (primary N) is 1. The molecule has 0 amide bonds. The molecule has 0 saturated carbocycles. The van der Waals surface area contributed by atoms with Crippen molar-refractivity contribution in [3.8, 4) is 5.75 Å². The van der Waals surface area contributed by atoms with Gasteiger partial charge in [0.15, 0.2) is 0 Å². The molecule has 2 rings (SSSR count). The molecule has 0 radical (unpaired) electrons. The van der Waals surface area contributed by atoms with Crippen molar-refractivity contribution in [3.63, 3.8) is 0 Å². The minimum atomic E-state index is 0.457. The summed E-state index contributed by atoms with van der Waals surface area (Å²) < 4.78 is 5.84. The van der Waals surface area contributed by atoms with Gasteiger partial charge in [-0.25, -0.2) is 0 Å². The van der Waals surface area contributed by atoms with Crippen molar-refractivity contribution in [2.75, 3.05) is 13.2 Å². The van der Waals surface area contributed by atoms with E-state index in [1.807, 2.05) is 18.2 Å². The van der Waals surface area contributed by atoms with Gasteiger partial charge >= 0.3 is 0 Å². The molecule has 2 aromatic rings. The van der Waals surface area contributed by atoms with E-state index < -0.39 is 0 Å². The van der Waals surface area contributed by atoms with Gasteiger partial charge in [0.05, 0.1) is 6.61 Å². The first kappa shape index (κ1) is 16.6. The summed E-state index contributed by atoms with van der Waals surface area (Å²) in [6.07, 6.45) is 3.33. The maximum atomic E-state index is 5.94. The van der Waals surface area contributed by atoms with Crippen LogP contribution in [0.3, 0.4) is 0 Å². The monoisotopic (exact) mass is 297 g/mol. The number of hydrogen-bond acceptors (Lipinski definition) is 2. The summed E-state index contributed by atoms with van der Waals surface area (Å²) in [5, 5.41) is 0. The van der Waals surface area contributed by atoms with Crippen molar-refractivity contribution < 1.29 is 4.74 Å². The molecule has 0 spiro atoms. The second-order valence-corrected chi connectivity index (χ2v) is 5.95. The summed E-state index contributed by atoms with van der Waals surface area (Å²) in [7, 11) is 0. The molecule has 2 N–H and O–H groups in total. The maximum Gasteiger partial charge on any atom is 0.122 e. The number of hydrogen-bond donors (Lipinski definition) is 1. The molecule has 0 aliphatic carbocycles. The van der Waals surface area contributed by atoms with E-state index in [0.717, 1.165) is 31.6 Å². The highest BCUT2D eigenvalue weighted by atomic mass is 16.5. The van der Waals surface area contributed by atoms with Crippen molar-refractivity contribution in [3.05, 3.63) is 65.2 Å². The van der Waals surface area contributed by atoms with Gasteiger partial charge in [0.2, 0.25) is 0 Å². The van der Waals surface area contributed by atoms with Crippen molar-refractivity contribution >= 4 is 0 Å². The lowest BCUT2D eigenvalue weighted by Crippen LogP contribution is -2.13. The summed E-state index contributed by atoms with van der Waals surface area (Å²) in [6, 6.07) is 16.9. The van der Waals surface area contributed by atoms with Gasteiger partial charge in [-0.05, 0) is 62.8 Å². The second kappa shape index (κ2) is 8.60. The SMILES string of the molecule is Cc1ccc(C(CN)CCCCOc2ccccc2C)cc1. The average Bonchev–Trinajstić information content (AvgIpc) is 2.54. The van der Waals surface area contributed by atoms with Crippen LogP contribution in [0.4, 0.5) is 0 Å². The molecule has 2 aromatic carbocycles. The molecule has 0 heterocycles. The molecule has 1 unspecified atom stereocenters. The van der Waals surface area contributed by atoms with E-state index in [1.165, 1.54) is 16.7 Å². The van der Waals surface area contributed by atoms with E-state index in [4.69, 9.17) is 10.5 Å². The number of unbranched alkanes of at least 4 members (excludes halogenated alkanes) is 1. The molecule has 22 heavy (non-hydrogen) atoms. The first-order valence-corrected chi connectivity index (χ1v) is 8.15. The number of ether oxygens (including phenoxy) is 1. The number of para-hydroxylation sites is 1. The molecule has 0 fully saturated rings. The lowest BCUT2D eigenvalue weighted by atomic mass is 9.93. The van der Waals surface area contributed by atoms with Crippen LogP contribution < -0.4 is 10.5 Å². The van der Waals surface area contributed by atoms with Gasteiger partial charge in [0.25, 0.3) is 0 Å². The highest BCUT2D eigenvalue weighted by molar-refractivity contribution is 5.31. The minimum absolute atomic E-state index is 0.457. The number of rotatable bonds is 8. The zero-order valence-electron chi connectivity index (χ0n) is 13.7. The van der Waals surface area contributed by atoms with Crippen LogP contribution in [0.1, 0.15) is 41.9 Å². The van der Waals surface area contributed by atoms with Gasteiger partial charge in [-0.15, -0.1) is 0 Å². The second-order valence-electron chi connectivity index (χ2n) is 5.95. The van der Waals surface area contributed by atoms with E-state index in [1.54, 1.807) is 0 Å². The summed E-state index contributed by atoms with van der Waals surface area (Å²) in [5.41, 5.74) is 9.79. The van der Waals surface area contributed by atoms with Crippen LogP contribution >= 0.6 is 0 Å². The van der Waals surface area contributed by atoms with Crippen LogP contribution in [0.25, 0.3) is 0 Å². The van der Waals surface area contributed by atoms with Crippen LogP contribution in [0, 0.1) is 13.8 Å². The van der Waals surface area contributed by atoms with Gasteiger partial charge in [-0.1, -0.05) is 48.0 Å². The highest BCUT2D eigenvalue weighted by Gasteiger charge is 2.09. The Hall–Kier alpha value is -1.80. The van der Waals surface area contributed by atoms with Gasteiger partial charge in [0.1, 0.15) is 5.75 Å². The number of benzene rings is 2. The summed E-state index contributed by atoms with van der Waals surface area (Å²) in [6.45, 7) is 5.68. The van der Waals surface area contributed by atoms with Gasteiger partial charge in [-0.3, -0.25) is 0 Å². The lowest BCUT2D eigenvalue weighted by Gasteiger charge is -2.15. The van der Waals surface area contributed by atoms with Crippen LogP contribution in [-0.4, -0.2) is 13.2 Å². The Morgan fingerprint density at radius 2 is 1.68 bits per heavy atom. The van der Waals surface area contributed by atoms with Crippen LogP contribution in [0.2, 0.25) is 0 Å². The Morgan fingerprint density at radius 3 is 2.36 bits per heavy atom. The molecular weight excluding hydrogens is 270 g/mol. The fourth-order valence-corrected chi connectivity index (χ4v) is 2.65. The van der Waals surface area contributed by atoms with Crippen molar-refractivity contribution in [1.29, 1.82) is 0 Å². The standard InChI is InChI=1S/C20H27NO/c1-16-10-12-18(13-11-16)19(15-21)8-5-6-14-22-20-9-4-3-7-17(20)2/h3-4,7,9-13,19H,5-6,8,14-15,21H2,1-2H3. The normalized spacial score (nSPS) is 12.1. The summed E-state index contributed by atoms with van der Waals surface area (Å²) in [5.74, 6) is 1.45. The smallest absolute Gasteiger partial charge is 0.122 e. The molecule has 0 aliphatic rings. The van der Waals surface area contributed by atoms with Crippen molar-refractivity contribution in [2.24, 2.45) is 5.73 Å². The van der Waals surface area contributed by atoms with Gasteiger partial charge in [-0.2, -0.15) is 0 Å². The predicted octanol–water partition coefficient (Wildman–Crippen LogP) is 4.60. The zero-order chi connectivity index (χ0) is 15.8. The molecular formula is C20H27NO. The van der Waals surface area contributed by atoms with E-state index >= 15 is 0 Å². The summed E-state index contributed by atoms with van der Waals surface area (Å²) in [4.78, 5) is 0. The molecule has 0 aliphatic heterocycles. The molecule has 118 valence electrons. The Morgan fingerprint density at radius 1 is 0.955 bits per heavy atom. The topological polar surface area (TPSA) is 35.2 Å². The Bertz CT molecular complexity index is 562. The fraction of sp³-hybridized carbons (Fsp3) is 0.400.